The molecule has 0 radical (unpaired) electrons. The van der Waals surface area contributed by atoms with Crippen molar-refractivity contribution in [3.63, 3.8) is 0 Å². The number of rotatable bonds is 3. The molecule has 0 saturated carbocycles. The number of alkyl halides is 1. The third kappa shape index (κ3) is 2.51. The van der Waals surface area contributed by atoms with E-state index >= 15 is 0 Å². The summed E-state index contributed by atoms with van der Waals surface area (Å²) in [7, 11) is 1.70. The topological polar surface area (TPSA) is 9.23 Å². The Kier molecular flexibility index (Phi) is 3.93. The van der Waals surface area contributed by atoms with Crippen molar-refractivity contribution in [1.29, 1.82) is 0 Å². The molecule has 0 aliphatic rings. The van der Waals surface area contributed by atoms with Gasteiger partial charge in [-0.2, -0.15) is 0 Å². The van der Waals surface area contributed by atoms with E-state index in [4.69, 9.17) is 16.3 Å². The van der Waals surface area contributed by atoms with Crippen molar-refractivity contribution >= 4 is 11.6 Å². The van der Waals surface area contributed by atoms with Crippen LogP contribution in [0.2, 0.25) is 0 Å². The van der Waals surface area contributed by atoms with Gasteiger partial charge in [0.1, 0.15) is 5.75 Å². The number of benzene rings is 2. The van der Waals surface area contributed by atoms with E-state index in [0.29, 0.717) is 5.88 Å². The molecule has 0 bridgehead atoms. The zero-order valence-electron chi connectivity index (χ0n) is 11.0. The van der Waals surface area contributed by atoms with Crippen LogP contribution in [0.5, 0.6) is 5.75 Å². The Hall–Kier alpha value is -1.47. The van der Waals surface area contributed by atoms with E-state index in [1.54, 1.807) is 7.11 Å². The summed E-state index contributed by atoms with van der Waals surface area (Å²) in [6, 6.07) is 12.5. The summed E-state index contributed by atoms with van der Waals surface area (Å²) in [6.07, 6.45) is 0. The van der Waals surface area contributed by atoms with Crippen LogP contribution in [0.4, 0.5) is 0 Å². The van der Waals surface area contributed by atoms with Crippen LogP contribution in [0.3, 0.4) is 0 Å². The Labute approximate surface area is 113 Å². The number of methoxy groups -OCH3 is 1. The van der Waals surface area contributed by atoms with Crippen LogP contribution in [0.1, 0.15) is 16.7 Å². The van der Waals surface area contributed by atoms with Gasteiger partial charge in [-0.3, -0.25) is 0 Å². The lowest BCUT2D eigenvalue weighted by molar-refractivity contribution is 0.416. The molecule has 0 unspecified atom stereocenters. The molecule has 2 aromatic rings. The summed E-state index contributed by atoms with van der Waals surface area (Å²) in [5, 5.41) is 0. The number of ether oxygens (including phenoxy) is 1. The van der Waals surface area contributed by atoms with Gasteiger partial charge in [0.15, 0.2) is 0 Å². The summed E-state index contributed by atoms with van der Waals surface area (Å²) >= 11 is 5.91. The van der Waals surface area contributed by atoms with Gasteiger partial charge in [-0.25, -0.2) is 0 Å². The Bertz CT molecular complexity index is 561. The maximum absolute atomic E-state index is 5.91. The van der Waals surface area contributed by atoms with Crippen molar-refractivity contribution in [2.75, 3.05) is 7.11 Å². The molecule has 0 aliphatic heterocycles. The molecule has 0 atom stereocenters. The highest BCUT2D eigenvalue weighted by Gasteiger charge is 2.09. The Morgan fingerprint density at radius 3 is 2.44 bits per heavy atom. The van der Waals surface area contributed by atoms with E-state index < -0.39 is 0 Å². The van der Waals surface area contributed by atoms with E-state index in [-0.39, 0.29) is 0 Å². The van der Waals surface area contributed by atoms with Gasteiger partial charge in [0.05, 0.1) is 7.11 Å². The highest BCUT2D eigenvalue weighted by molar-refractivity contribution is 6.17. The Morgan fingerprint density at radius 2 is 1.78 bits per heavy atom. The van der Waals surface area contributed by atoms with Crippen LogP contribution < -0.4 is 4.74 Å². The molecule has 2 rings (SSSR count). The van der Waals surface area contributed by atoms with Gasteiger partial charge in [0, 0.05) is 11.4 Å². The van der Waals surface area contributed by atoms with Crippen LogP contribution in [0.25, 0.3) is 11.1 Å². The molecule has 1 nitrogen and oxygen atoms in total. The first-order valence-corrected chi connectivity index (χ1v) is 6.49. The summed E-state index contributed by atoms with van der Waals surface area (Å²) in [5.74, 6) is 1.40. The number of halogens is 1. The minimum atomic E-state index is 0.516. The zero-order valence-corrected chi connectivity index (χ0v) is 11.7. The zero-order chi connectivity index (χ0) is 13.1. The highest BCUT2D eigenvalue weighted by Crippen LogP contribution is 2.33. The summed E-state index contributed by atoms with van der Waals surface area (Å²) in [4.78, 5) is 0. The van der Waals surface area contributed by atoms with Gasteiger partial charge in [-0.1, -0.05) is 29.8 Å². The molecule has 0 saturated heterocycles. The fraction of sp³-hybridized carbons (Fsp3) is 0.250. The number of aryl methyl sites for hydroxylation is 2. The van der Waals surface area contributed by atoms with E-state index in [1.807, 2.05) is 12.1 Å². The summed E-state index contributed by atoms with van der Waals surface area (Å²) in [6.45, 7) is 4.21. The van der Waals surface area contributed by atoms with Crippen molar-refractivity contribution in [2.45, 2.75) is 19.7 Å². The fourth-order valence-corrected chi connectivity index (χ4v) is 2.24. The standard InChI is InChI=1S/C16H17ClO/c1-11-4-5-12(2)14(8-11)15-9-13(10-17)6-7-16(15)18-3/h4-9H,10H2,1-3H3. The van der Waals surface area contributed by atoms with Gasteiger partial charge in [-0.05, 0) is 42.7 Å². The second kappa shape index (κ2) is 5.45. The van der Waals surface area contributed by atoms with Crippen molar-refractivity contribution < 1.29 is 4.74 Å². The molecule has 2 heteroatoms. The molecular weight excluding hydrogens is 244 g/mol. The molecule has 0 N–H and O–H groups in total. The van der Waals surface area contributed by atoms with Gasteiger partial charge in [0.2, 0.25) is 0 Å². The highest BCUT2D eigenvalue weighted by atomic mass is 35.5. The smallest absolute Gasteiger partial charge is 0.126 e. The van der Waals surface area contributed by atoms with Crippen molar-refractivity contribution in [1.82, 2.24) is 0 Å². The maximum atomic E-state index is 5.91. The van der Waals surface area contributed by atoms with Gasteiger partial charge >= 0.3 is 0 Å². The van der Waals surface area contributed by atoms with Crippen LogP contribution >= 0.6 is 11.6 Å². The third-order valence-electron chi connectivity index (χ3n) is 3.10. The minimum absolute atomic E-state index is 0.516. The predicted octanol–water partition coefficient (Wildman–Crippen LogP) is 4.72. The second-order valence-electron chi connectivity index (χ2n) is 4.49. The average Bonchev–Trinajstić information content (AvgIpc) is 2.40. The van der Waals surface area contributed by atoms with Gasteiger partial charge < -0.3 is 4.74 Å². The molecule has 0 amide bonds. The lowest BCUT2D eigenvalue weighted by Gasteiger charge is -2.13. The average molecular weight is 261 g/mol. The van der Waals surface area contributed by atoms with E-state index in [2.05, 4.69) is 38.1 Å². The van der Waals surface area contributed by atoms with Crippen molar-refractivity contribution in [3.8, 4) is 16.9 Å². The van der Waals surface area contributed by atoms with Crippen LogP contribution in [0, 0.1) is 13.8 Å². The minimum Gasteiger partial charge on any atom is -0.496 e. The molecule has 94 valence electrons. The summed E-state index contributed by atoms with van der Waals surface area (Å²) in [5.41, 5.74) is 5.91. The predicted molar refractivity (Wildman–Crippen MR) is 77.5 cm³/mol. The molecule has 2 aromatic carbocycles. The van der Waals surface area contributed by atoms with E-state index in [0.717, 1.165) is 16.9 Å². The lowest BCUT2D eigenvalue weighted by atomic mass is 9.96. The second-order valence-corrected chi connectivity index (χ2v) is 4.75. The molecule has 0 aliphatic carbocycles. The maximum Gasteiger partial charge on any atom is 0.126 e. The molecule has 18 heavy (non-hydrogen) atoms. The van der Waals surface area contributed by atoms with Crippen molar-refractivity contribution in [3.05, 3.63) is 53.1 Å². The van der Waals surface area contributed by atoms with Gasteiger partial charge in [-0.15, -0.1) is 11.6 Å². The third-order valence-corrected chi connectivity index (χ3v) is 3.41. The van der Waals surface area contributed by atoms with E-state index in [9.17, 15) is 0 Å². The van der Waals surface area contributed by atoms with Crippen LogP contribution in [-0.2, 0) is 5.88 Å². The molecule has 0 aromatic heterocycles. The first-order chi connectivity index (χ1) is 8.65. The first-order valence-electron chi connectivity index (χ1n) is 5.96. The fourth-order valence-electron chi connectivity index (χ4n) is 2.07. The number of hydrogen-bond donors (Lipinski definition) is 0. The van der Waals surface area contributed by atoms with Crippen molar-refractivity contribution in [2.24, 2.45) is 0 Å². The lowest BCUT2D eigenvalue weighted by Crippen LogP contribution is -1.92. The Morgan fingerprint density at radius 1 is 1.00 bits per heavy atom. The molecule has 0 heterocycles. The van der Waals surface area contributed by atoms with Crippen LogP contribution in [0.15, 0.2) is 36.4 Å². The number of hydrogen-bond acceptors (Lipinski definition) is 1. The SMILES string of the molecule is COc1ccc(CCl)cc1-c1cc(C)ccc1C. The Balaban J connectivity index is 2.64. The molecule has 0 spiro atoms. The molecule has 0 fully saturated rings. The van der Waals surface area contributed by atoms with E-state index in [1.165, 1.54) is 16.7 Å². The molecular formula is C16H17ClO. The largest absolute Gasteiger partial charge is 0.496 e. The summed E-state index contributed by atoms with van der Waals surface area (Å²) < 4.78 is 5.45. The van der Waals surface area contributed by atoms with Crippen LogP contribution in [-0.4, -0.2) is 7.11 Å². The quantitative estimate of drug-likeness (QED) is 0.726. The monoisotopic (exact) mass is 260 g/mol. The first kappa shape index (κ1) is 13.0. The normalized spacial score (nSPS) is 10.4. The van der Waals surface area contributed by atoms with Gasteiger partial charge in [0.25, 0.3) is 0 Å².